The highest BCUT2D eigenvalue weighted by atomic mass is 35.5. The maximum Gasteiger partial charge on any atom is 0.0459 e. The van der Waals surface area contributed by atoms with Crippen LogP contribution in [0.25, 0.3) is 0 Å². The van der Waals surface area contributed by atoms with E-state index in [1.165, 1.54) is 12.8 Å². The minimum atomic E-state index is 0.166. The van der Waals surface area contributed by atoms with Crippen LogP contribution in [0.3, 0.4) is 0 Å². The molecule has 0 bridgehead atoms. The quantitative estimate of drug-likeness (QED) is 0.750. The fourth-order valence-electron chi connectivity index (χ4n) is 2.99. The Bertz CT molecular complexity index is 399. The number of benzene rings is 1. The molecule has 100 valence electrons. The van der Waals surface area contributed by atoms with Crippen LogP contribution in [0.1, 0.15) is 38.7 Å². The summed E-state index contributed by atoms with van der Waals surface area (Å²) >= 11 is 12.8. The van der Waals surface area contributed by atoms with E-state index in [9.17, 15) is 0 Å². The maximum absolute atomic E-state index is 6.38. The second-order valence-electron chi connectivity index (χ2n) is 5.24. The van der Waals surface area contributed by atoms with Crippen molar-refractivity contribution in [3.63, 3.8) is 0 Å². The summed E-state index contributed by atoms with van der Waals surface area (Å²) in [5.41, 5.74) is 1.32. The van der Waals surface area contributed by atoms with Gasteiger partial charge in [0.1, 0.15) is 0 Å². The second-order valence-corrected chi connectivity index (χ2v) is 6.05. The zero-order chi connectivity index (χ0) is 13.2. The molecule has 2 atom stereocenters. The number of rotatable bonds is 6. The summed E-state index contributed by atoms with van der Waals surface area (Å²) in [7, 11) is 0. The molecule has 1 saturated carbocycles. The molecule has 2 rings (SSSR count). The van der Waals surface area contributed by atoms with Gasteiger partial charge in [0.25, 0.3) is 0 Å². The zero-order valence-corrected chi connectivity index (χ0v) is 12.6. The smallest absolute Gasteiger partial charge is 0.0459 e. The van der Waals surface area contributed by atoms with Crippen molar-refractivity contribution in [2.45, 2.75) is 38.5 Å². The van der Waals surface area contributed by atoms with Crippen LogP contribution in [0.2, 0.25) is 10.0 Å². The van der Waals surface area contributed by atoms with E-state index in [0.29, 0.717) is 5.92 Å². The van der Waals surface area contributed by atoms with Gasteiger partial charge in [0.15, 0.2) is 0 Å². The molecule has 0 aliphatic heterocycles. The molecule has 1 nitrogen and oxygen atoms in total. The molecule has 1 aromatic carbocycles. The lowest BCUT2D eigenvalue weighted by atomic mass is 9.92. The Hall–Kier alpha value is -0.240. The van der Waals surface area contributed by atoms with Crippen molar-refractivity contribution in [2.75, 3.05) is 13.1 Å². The number of hydrogen-bond acceptors (Lipinski definition) is 1. The first kappa shape index (κ1) is 14.2. The van der Waals surface area contributed by atoms with E-state index in [1.807, 2.05) is 18.2 Å². The first-order valence-electron chi connectivity index (χ1n) is 6.81. The summed E-state index contributed by atoms with van der Waals surface area (Å²) in [5, 5.41) is 5.17. The van der Waals surface area contributed by atoms with E-state index in [4.69, 9.17) is 23.2 Å². The van der Waals surface area contributed by atoms with Crippen LogP contribution in [-0.4, -0.2) is 13.1 Å². The molecule has 18 heavy (non-hydrogen) atoms. The molecule has 1 fully saturated rings. The Balaban J connectivity index is 2.25. The van der Waals surface area contributed by atoms with E-state index >= 15 is 0 Å². The van der Waals surface area contributed by atoms with Gasteiger partial charge in [0, 0.05) is 22.0 Å². The molecule has 2 unspecified atom stereocenters. The van der Waals surface area contributed by atoms with Gasteiger partial charge in [-0.25, -0.2) is 0 Å². The maximum atomic E-state index is 6.38. The molecule has 3 heteroatoms. The summed E-state index contributed by atoms with van der Waals surface area (Å²) in [6.45, 7) is 6.48. The third-order valence-electron chi connectivity index (χ3n) is 4.05. The third kappa shape index (κ3) is 2.54. The minimum Gasteiger partial charge on any atom is -0.316 e. The van der Waals surface area contributed by atoms with Gasteiger partial charge in [-0.3, -0.25) is 0 Å². The predicted octanol–water partition coefficient (Wildman–Crippen LogP) is 4.66. The Kier molecular flexibility index (Phi) is 4.58. The van der Waals surface area contributed by atoms with Gasteiger partial charge >= 0.3 is 0 Å². The van der Waals surface area contributed by atoms with E-state index < -0.39 is 0 Å². The van der Waals surface area contributed by atoms with E-state index in [-0.39, 0.29) is 5.41 Å². The van der Waals surface area contributed by atoms with Gasteiger partial charge in [-0.1, -0.05) is 49.5 Å². The van der Waals surface area contributed by atoms with Crippen molar-refractivity contribution >= 4 is 23.2 Å². The van der Waals surface area contributed by atoms with Crippen molar-refractivity contribution in [3.8, 4) is 0 Å². The molecule has 1 aromatic rings. The first-order valence-corrected chi connectivity index (χ1v) is 7.56. The molecular formula is C15H21Cl2N. The van der Waals surface area contributed by atoms with Gasteiger partial charge in [-0.15, -0.1) is 0 Å². The Labute approximate surface area is 120 Å². The molecule has 0 amide bonds. The Morgan fingerprint density at radius 1 is 1.28 bits per heavy atom. The van der Waals surface area contributed by atoms with Gasteiger partial charge in [0.2, 0.25) is 0 Å². The molecule has 0 spiro atoms. The van der Waals surface area contributed by atoms with Crippen molar-refractivity contribution in [2.24, 2.45) is 5.92 Å². The molecular weight excluding hydrogens is 265 g/mol. The fraction of sp³-hybridized carbons (Fsp3) is 0.600. The normalized spacial score (nSPS) is 26.3. The number of nitrogens with one attached hydrogen (secondary N) is 1. The largest absolute Gasteiger partial charge is 0.316 e. The van der Waals surface area contributed by atoms with Gasteiger partial charge in [-0.05, 0) is 43.0 Å². The van der Waals surface area contributed by atoms with Gasteiger partial charge < -0.3 is 5.32 Å². The van der Waals surface area contributed by atoms with Gasteiger partial charge in [-0.2, -0.15) is 0 Å². The molecule has 1 N–H and O–H groups in total. The van der Waals surface area contributed by atoms with Crippen LogP contribution in [0.15, 0.2) is 18.2 Å². The number of hydrogen-bond donors (Lipinski definition) is 1. The summed E-state index contributed by atoms with van der Waals surface area (Å²) in [6, 6.07) is 5.83. The lowest BCUT2D eigenvalue weighted by Crippen LogP contribution is -2.29. The van der Waals surface area contributed by atoms with Crippen molar-refractivity contribution in [3.05, 3.63) is 33.8 Å². The average Bonchev–Trinajstić information content (AvgIpc) is 3.04. The standard InChI is InChI=1S/C15H21Cl2N/c1-3-8-18-10-15(9-11(15)4-2)14-12(16)6-5-7-13(14)17/h5-7,11,18H,3-4,8-10H2,1-2H3. The topological polar surface area (TPSA) is 12.0 Å². The Morgan fingerprint density at radius 2 is 1.94 bits per heavy atom. The van der Waals surface area contributed by atoms with Crippen LogP contribution >= 0.6 is 23.2 Å². The van der Waals surface area contributed by atoms with Crippen LogP contribution in [0.4, 0.5) is 0 Å². The zero-order valence-electron chi connectivity index (χ0n) is 11.1. The number of halogens is 2. The monoisotopic (exact) mass is 285 g/mol. The molecule has 1 aliphatic rings. The van der Waals surface area contributed by atoms with Crippen LogP contribution < -0.4 is 5.32 Å². The minimum absolute atomic E-state index is 0.166. The van der Waals surface area contributed by atoms with Crippen molar-refractivity contribution in [1.82, 2.24) is 5.32 Å². The lowest BCUT2D eigenvalue weighted by Gasteiger charge is -2.21. The Morgan fingerprint density at radius 3 is 2.44 bits per heavy atom. The first-order chi connectivity index (χ1) is 8.65. The molecule has 1 aliphatic carbocycles. The molecule has 0 radical (unpaired) electrons. The van der Waals surface area contributed by atoms with Crippen molar-refractivity contribution in [1.29, 1.82) is 0 Å². The highest BCUT2D eigenvalue weighted by Crippen LogP contribution is 2.58. The SMILES string of the molecule is CCCNCC1(c2c(Cl)cccc2Cl)CC1CC. The van der Waals surface area contributed by atoms with E-state index in [1.54, 1.807) is 0 Å². The average molecular weight is 286 g/mol. The van der Waals surface area contributed by atoms with E-state index in [2.05, 4.69) is 19.2 Å². The highest BCUT2D eigenvalue weighted by molar-refractivity contribution is 6.36. The van der Waals surface area contributed by atoms with E-state index in [0.717, 1.165) is 35.1 Å². The van der Waals surface area contributed by atoms with Crippen molar-refractivity contribution < 1.29 is 0 Å². The predicted molar refractivity (Wildman–Crippen MR) is 79.7 cm³/mol. The lowest BCUT2D eigenvalue weighted by molar-refractivity contribution is 0.523. The third-order valence-corrected chi connectivity index (χ3v) is 4.68. The van der Waals surface area contributed by atoms with Crippen LogP contribution in [0.5, 0.6) is 0 Å². The van der Waals surface area contributed by atoms with Gasteiger partial charge in [0.05, 0.1) is 0 Å². The fourth-order valence-corrected chi connectivity index (χ4v) is 3.76. The molecule has 0 aromatic heterocycles. The van der Waals surface area contributed by atoms with Crippen LogP contribution in [0, 0.1) is 5.92 Å². The summed E-state index contributed by atoms with van der Waals surface area (Å²) in [5.74, 6) is 0.708. The summed E-state index contributed by atoms with van der Waals surface area (Å²) in [6.07, 6.45) is 3.54. The highest BCUT2D eigenvalue weighted by Gasteiger charge is 2.55. The summed E-state index contributed by atoms with van der Waals surface area (Å²) < 4.78 is 0. The summed E-state index contributed by atoms with van der Waals surface area (Å²) in [4.78, 5) is 0. The van der Waals surface area contributed by atoms with Crippen LogP contribution in [-0.2, 0) is 5.41 Å². The second kappa shape index (κ2) is 5.81. The molecule has 0 heterocycles. The molecule has 0 saturated heterocycles.